The van der Waals surface area contributed by atoms with Crippen LogP contribution in [0.25, 0.3) is 22.6 Å². The molecule has 140 valence electrons. The van der Waals surface area contributed by atoms with Gasteiger partial charge in [0.05, 0.1) is 0 Å². The molecular weight excluding hydrogens is 360 g/mol. The average molecular weight is 376 g/mol. The summed E-state index contributed by atoms with van der Waals surface area (Å²) in [5.74, 6) is -0.279. The van der Waals surface area contributed by atoms with E-state index in [1.807, 2.05) is 24.3 Å². The molecule has 28 heavy (non-hydrogen) atoms. The number of nitrogens with one attached hydrogen (secondary N) is 1. The van der Waals surface area contributed by atoms with Crippen LogP contribution in [0.2, 0.25) is 0 Å². The van der Waals surface area contributed by atoms with E-state index in [1.165, 1.54) is 36.6 Å². The van der Waals surface area contributed by atoms with E-state index in [4.69, 9.17) is 4.42 Å². The van der Waals surface area contributed by atoms with Gasteiger partial charge in [0, 0.05) is 12.3 Å². The van der Waals surface area contributed by atoms with Crippen molar-refractivity contribution in [2.45, 2.75) is 6.04 Å². The Morgan fingerprint density at radius 2 is 1.79 bits per heavy atom. The third-order valence-corrected chi connectivity index (χ3v) is 4.48. The number of aromatic nitrogens is 1. The first-order chi connectivity index (χ1) is 13.5. The van der Waals surface area contributed by atoms with Crippen molar-refractivity contribution in [3.8, 4) is 11.5 Å². The lowest BCUT2D eigenvalue weighted by Crippen LogP contribution is -2.44. The summed E-state index contributed by atoms with van der Waals surface area (Å²) >= 11 is 0. The van der Waals surface area contributed by atoms with Gasteiger partial charge in [-0.05, 0) is 42.5 Å². The molecule has 7 nitrogen and oxygen atoms in total. The summed E-state index contributed by atoms with van der Waals surface area (Å²) in [7, 11) is 0. The molecule has 3 N–H and O–H groups in total. The Labute approximate surface area is 159 Å². The number of allylic oxidation sites excluding steroid dienone is 3. The van der Waals surface area contributed by atoms with Crippen molar-refractivity contribution in [3.05, 3.63) is 88.6 Å². The SMILES string of the molecule is O=C1C=CNC2C(O)=CC=C(O)C12.O=c1ccc2nc3ccccc3oc-2c1. The van der Waals surface area contributed by atoms with Crippen LogP contribution in [-0.2, 0) is 4.79 Å². The Kier molecular flexibility index (Phi) is 4.41. The van der Waals surface area contributed by atoms with Crippen LogP contribution in [0.1, 0.15) is 0 Å². The minimum atomic E-state index is -0.671. The first-order valence-electron chi connectivity index (χ1n) is 8.59. The molecule has 7 heteroatoms. The number of aliphatic hydroxyl groups is 2. The van der Waals surface area contributed by atoms with Crippen molar-refractivity contribution in [2.75, 3.05) is 0 Å². The van der Waals surface area contributed by atoms with Crippen molar-refractivity contribution in [2.24, 2.45) is 5.92 Å². The van der Waals surface area contributed by atoms with Gasteiger partial charge in [0.25, 0.3) is 0 Å². The molecule has 4 aliphatic rings. The highest BCUT2D eigenvalue weighted by Gasteiger charge is 2.36. The zero-order chi connectivity index (χ0) is 19.7. The van der Waals surface area contributed by atoms with Gasteiger partial charge in [0.2, 0.25) is 0 Å². The largest absolute Gasteiger partial charge is 0.511 e. The number of carbonyl (C=O) groups is 1. The number of benzene rings is 2. The van der Waals surface area contributed by atoms with E-state index in [2.05, 4.69) is 10.3 Å². The fourth-order valence-electron chi connectivity index (χ4n) is 3.10. The predicted molar refractivity (Wildman–Crippen MR) is 103 cm³/mol. The van der Waals surface area contributed by atoms with Gasteiger partial charge in [0.15, 0.2) is 22.6 Å². The molecule has 1 aromatic carbocycles. The van der Waals surface area contributed by atoms with E-state index >= 15 is 0 Å². The number of fused-ring (bicyclic) bond motifs is 3. The molecule has 0 radical (unpaired) electrons. The summed E-state index contributed by atoms with van der Waals surface area (Å²) in [4.78, 5) is 26.8. The number of carbonyl (C=O) groups excluding carboxylic acids is 1. The Hall–Kier alpha value is -3.87. The number of rotatable bonds is 0. The average Bonchev–Trinajstić information content (AvgIpc) is 2.70. The van der Waals surface area contributed by atoms with Gasteiger partial charge < -0.3 is 19.9 Å². The van der Waals surface area contributed by atoms with Crippen molar-refractivity contribution >= 4 is 16.9 Å². The van der Waals surface area contributed by atoms with Crippen LogP contribution in [0.15, 0.2) is 87.6 Å². The summed E-state index contributed by atoms with van der Waals surface area (Å²) < 4.78 is 5.56. The molecule has 2 aliphatic carbocycles. The van der Waals surface area contributed by atoms with E-state index in [0.717, 1.165) is 5.52 Å². The molecule has 0 saturated carbocycles. The Morgan fingerprint density at radius 1 is 1.00 bits per heavy atom. The molecule has 0 fully saturated rings. The highest BCUT2D eigenvalue weighted by atomic mass is 16.3. The molecule has 2 aliphatic heterocycles. The quantitative estimate of drug-likeness (QED) is 0.517. The van der Waals surface area contributed by atoms with Gasteiger partial charge in [-0.2, -0.15) is 0 Å². The molecule has 0 aromatic heterocycles. The summed E-state index contributed by atoms with van der Waals surface area (Å²) in [5.41, 5.74) is 2.12. The van der Waals surface area contributed by atoms with Crippen LogP contribution in [0.4, 0.5) is 0 Å². The molecule has 2 heterocycles. The highest BCUT2D eigenvalue weighted by Crippen LogP contribution is 2.26. The minimum Gasteiger partial charge on any atom is -0.511 e. The maximum atomic E-state index is 11.3. The zero-order valence-electron chi connectivity index (χ0n) is 14.6. The fourth-order valence-corrected chi connectivity index (χ4v) is 3.10. The van der Waals surface area contributed by atoms with Gasteiger partial charge in [0.1, 0.15) is 34.7 Å². The van der Waals surface area contributed by atoms with Crippen LogP contribution >= 0.6 is 0 Å². The molecular formula is C21H16N2O5. The van der Waals surface area contributed by atoms with E-state index < -0.39 is 12.0 Å². The lowest BCUT2D eigenvalue weighted by molar-refractivity contribution is -0.119. The fraction of sp³-hybridized carbons (Fsp3) is 0.0952. The van der Waals surface area contributed by atoms with Crippen molar-refractivity contribution in [1.29, 1.82) is 0 Å². The van der Waals surface area contributed by atoms with Crippen molar-refractivity contribution in [3.63, 3.8) is 0 Å². The number of ketones is 1. The van der Waals surface area contributed by atoms with Crippen LogP contribution in [0.3, 0.4) is 0 Å². The van der Waals surface area contributed by atoms with Gasteiger partial charge in [-0.3, -0.25) is 9.59 Å². The minimum absolute atomic E-state index is 0.00958. The summed E-state index contributed by atoms with van der Waals surface area (Å²) in [6.45, 7) is 0. The van der Waals surface area contributed by atoms with Gasteiger partial charge >= 0.3 is 0 Å². The van der Waals surface area contributed by atoms with Crippen LogP contribution in [-0.4, -0.2) is 27.0 Å². The maximum Gasteiger partial charge on any atom is 0.182 e. The lowest BCUT2D eigenvalue weighted by Gasteiger charge is -2.29. The molecule has 0 bridgehead atoms. The van der Waals surface area contributed by atoms with E-state index in [-0.39, 0.29) is 22.7 Å². The summed E-state index contributed by atoms with van der Waals surface area (Å²) in [6.07, 6.45) is 5.56. The van der Waals surface area contributed by atoms with Crippen molar-refractivity contribution < 1.29 is 19.4 Å². The highest BCUT2D eigenvalue weighted by molar-refractivity contribution is 5.95. The lowest BCUT2D eigenvalue weighted by atomic mass is 9.86. The van der Waals surface area contributed by atoms with Crippen LogP contribution in [0.5, 0.6) is 0 Å². The molecule has 2 atom stereocenters. The second-order valence-corrected chi connectivity index (χ2v) is 6.35. The second kappa shape index (κ2) is 7.03. The number of nitrogens with zero attached hydrogens (tertiary/aromatic N) is 1. The number of para-hydroxylation sites is 2. The van der Waals surface area contributed by atoms with Gasteiger partial charge in [-0.15, -0.1) is 0 Å². The first-order valence-corrected chi connectivity index (χ1v) is 8.59. The zero-order valence-corrected chi connectivity index (χ0v) is 14.6. The summed E-state index contributed by atoms with van der Waals surface area (Å²) in [5, 5.41) is 21.6. The summed E-state index contributed by atoms with van der Waals surface area (Å²) in [6, 6.07) is 11.6. The van der Waals surface area contributed by atoms with E-state index in [0.29, 0.717) is 17.0 Å². The second-order valence-electron chi connectivity index (χ2n) is 6.35. The first kappa shape index (κ1) is 17.5. The van der Waals surface area contributed by atoms with E-state index in [9.17, 15) is 19.8 Å². The molecule has 2 unspecified atom stereocenters. The smallest absolute Gasteiger partial charge is 0.182 e. The molecule has 1 aromatic rings. The Balaban J connectivity index is 0.000000139. The van der Waals surface area contributed by atoms with Gasteiger partial charge in [-0.1, -0.05) is 12.1 Å². The van der Waals surface area contributed by atoms with Crippen molar-refractivity contribution in [1.82, 2.24) is 10.3 Å². The standard InChI is InChI=1S/C12H7NO2.C9H9NO3/c14-8-5-6-10-12(7-8)15-11-4-2-1-3-9(11)13-10;11-5-1-2-7(13)9-8(5)6(12)3-4-10-9/h1-7H;1-4,8-11,13H. The normalized spacial score (nSPS) is 20.5. The molecule has 0 amide bonds. The van der Waals surface area contributed by atoms with E-state index in [1.54, 1.807) is 6.07 Å². The molecule has 5 rings (SSSR count). The number of hydrogen-bond acceptors (Lipinski definition) is 7. The Bertz CT molecular complexity index is 1170. The monoisotopic (exact) mass is 376 g/mol. The topological polar surface area (TPSA) is 113 Å². The van der Waals surface area contributed by atoms with Crippen LogP contribution < -0.4 is 10.7 Å². The Morgan fingerprint density at radius 3 is 2.61 bits per heavy atom. The number of aliphatic hydroxyl groups excluding tert-OH is 2. The predicted octanol–water partition coefficient (Wildman–Crippen LogP) is 2.85. The van der Waals surface area contributed by atoms with Gasteiger partial charge in [-0.25, -0.2) is 4.98 Å². The third-order valence-electron chi connectivity index (χ3n) is 4.48. The third kappa shape index (κ3) is 3.25. The number of hydrogen-bond donors (Lipinski definition) is 3. The maximum absolute atomic E-state index is 11.3. The van der Waals surface area contributed by atoms with Crippen LogP contribution in [0, 0.1) is 5.92 Å². The molecule has 0 spiro atoms. The molecule has 0 saturated heterocycles.